The molecule has 2 aliphatic rings. The number of rotatable bonds is 3. The maximum Gasteiger partial charge on any atom is 0.167 e. The van der Waals surface area contributed by atoms with Gasteiger partial charge in [0, 0.05) is 6.42 Å². The normalized spacial score (nSPS) is 34.6. The zero-order valence-corrected chi connectivity index (χ0v) is 13.3. The van der Waals surface area contributed by atoms with Gasteiger partial charge in [-0.2, -0.15) is 0 Å². The fourth-order valence-corrected chi connectivity index (χ4v) is 2.78. The monoisotopic (exact) mass is 272 g/mol. The fraction of sp³-hybridized carbons (Fsp3) is 1.00. The standard InChI is InChI=1S/C15H28O4/c1-12(2)13(3,4)19-15(7,18-12)9-8-11-10-16-14(5,6)17-11/h11H,8-10H2,1-7H3. The van der Waals surface area contributed by atoms with Gasteiger partial charge in [0.15, 0.2) is 11.6 Å². The Morgan fingerprint density at radius 1 is 0.895 bits per heavy atom. The largest absolute Gasteiger partial charge is 0.348 e. The molecule has 0 aromatic heterocycles. The molecule has 0 saturated carbocycles. The second-order valence-corrected chi connectivity index (χ2v) is 7.35. The van der Waals surface area contributed by atoms with Crippen molar-refractivity contribution in [2.24, 2.45) is 0 Å². The van der Waals surface area contributed by atoms with Crippen LogP contribution in [0.3, 0.4) is 0 Å². The Kier molecular flexibility index (Phi) is 3.54. The maximum atomic E-state index is 6.14. The summed E-state index contributed by atoms with van der Waals surface area (Å²) in [6.07, 6.45) is 1.82. The third kappa shape index (κ3) is 3.13. The van der Waals surface area contributed by atoms with E-state index in [2.05, 4.69) is 27.7 Å². The van der Waals surface area contributed by atoms with Crippen LogP contribution < -0.4 is 0 Å². The minimum atomic E-state index is -0.539. The highest BCUT2D eigenvalue weighted by Gasteiger charge is 2.54. The highest BCUT2D eigenvalue weighted by atomic mass is 16.8. The van der Waals surface area contributed by atoms with Crippen LogP contribution >= 0.6 is 0 Å². The summed E-state index contributed by atoms with van der Waals surface area (Å²) in [5, 5.41) is 0. The average Bonchev–Trinajstić information content (AvgIpc) is 2.60. The number of hydrogen-bond donors (Lipinski definition) is 0. The molecule has 4 nitrogen and oxygen atoms in total. The van der Waals surface area contributed by atoms with Gasteiger partial charge in [0.25, 0.3) is 0 Å². The Morgan fingerprint density at radius 2 is 1.42 bits per heavy atom. The molecule has 1 atom stereocenters. The molecule has 2 aliphatic heterocycles. The van der Waals surface area contributed by atoms with Gasteiger partial charge in [-0.05, 0) is 54.9 Å². The van der Waals surface area contributed by atoms with Gasteiger partial charge in [-0.15, -0.1) is 0 Å². The molecule has 2 saturated heterocycles. The first kappa shape index (κ1) is 15.2. The second kappa shape index (κ2) is 4.42. The molecule has 0 N–H and O–H groups in total. The minimum Gasteiger partial charge on any atom is -0.348 e. The van der Waals surface area contributed by atoms with Crippen LogP contribution in [0.4, 0.5) is 0 Å². The van der Waals surface area contributed by atoms with Crippen LogP contribution in [0.2, 0.25) is 0 Å². The van der Waals surface area contributed by atoms with Gasteiger partial charge in [0.05, 0.1) is 23.9 Å². The van der Waals surface area contributed by atoms with E-state index in [1.54, 1.807) is 0 Å². The van der Waals surface area contributed by atoms with Crippen LogP contribution in [-0.4, -0.2) is 35.5 Å². The van der Waals surface area contributed by atoms with E-state index in [0.29, 0.717) is 6.61 Å². The Hall–Kier alpha value is -0.160. The van der Waals surface area contributed by atoms with E-state index in [1.165, 1.54) is 0 Å². The van der Waals surface area contributed by atoms with Crippen molar-refractivity contribution in [3.05, 3.63) is 0 Å². The van der Waals surface area contributed by atoms with Crippen molar-refractivity contribution in [3.8, 4) is 0 Å². The summed E-state index contributed by atoms with van der Waals surface area (Å²) in [6.45, 7) is 14.9. The van der Waals surface area contributed by atoms with Gasteiger partial charge >= 0.3 is 0 Å². The van der Waals surface area contributed by atoms with E-state index in [9.17, 15) is 0 Å². The Morgan fingerprint density at radius 3 is 1.84 bits per heavy atom. The lowest BCUT2D eigenvalue weighted by Gasteiger charge is -2.30. The summed E-state index contributed by atoms with van der Waals surface area (Å²) < 4.78 is 23.7. The number of hydrogen-bond acceptors (Lipinski definition) is 4. The van der Waals surface area contributed by atoms with Gasteiger partial charge in [-0.3, -0.25) is 0 Å². The molecule has 2 heterocycles. The summed E-state index contributed by atoms with van der Waals surface area (Å²) in [6, 6.07) is 0. The molecule has 0 aliphatic carbocycles. The van der Waals surface area contributed by atoms with Crippen molar-refractivity contribution in [1.82, 2.24) is 0 Å². The smallest absolute Gasteiger partial charge is 0.167 e. The zero-order valence-electron chi connectivity index (χ0n) is 13.3. The maximum absolute atomic E-state index is 6.14. The molecule has 19 heavy (non-hydrogen) atoms. The van der Waals surface area contributed by atoms with Crippen molar-refractivity contribution in [3.63, 3.8) is 0 Å². The summed E-state index contributed by atoms with van der Waals surface area (Å²) >= 11 is 0. The van der Waals surface area contributed by atoms with Gasteiger partial charge in [-0.1, -0.05) is 0 Å². The summed E-state index contributed by atoms with van der Waals surface area (Å²) in [7, 11) is 0. The topological polar surface area (TPSA) is 36.9 Å². The van der Waals surface area contributed by atoms with Gasteiger partial charge in [-0.25, -0.2) is 0 Å². The molecule has 0 aromatic rings. The van der Waals surface area contributed by atoms with Gasteiger partial charge in [0.2, 0.25) is 0 Å². The summed E-state index contributed by atoms with van der Waals surface area (Å²) in [5.41, 5.74) is -0.567. The second-order valence-electron chi connectivity index (χ2n) is 7.35. The van der Waals surface area contributed by atoms with Crippen molar-refractivity contribution >= 4 is 0 Å². The van der Waals surface area contributed by atoms with Crippen molar-refractivity contribution in [1.29, 1.82) is 0 Å². The molecule has 2 rings (SSSR count). The van der Waals surface area contributed by atoms with E-state index in [0.717, 1.165) is 12.8 Å². The lowest BCUT2D eigenvalue weighted by atomic mass is 9.90. The molecular weight excluding hydrogens is 244 g/mol. The first-order valence-electron chi connectivity index (χ1n) is 7.17. The first-order chi connectivity index (χ1) is 8.45. The Labute approximate surface area is 116 Å². The third-order valence-corrected chi connectivity index (χ3v) is 4.38. The third-order valence-electron chi connectivity index (χ3n) is 4.38. The van der Waals surface area contributed by atoms with Crippen LogP contribution in [-0.2, 0) is 18.9 Å². The van der Waals surface area contributed by atoms with Gasteiger partial charge in [0.1, 0.15) is 0 Å². The van der Waals surface area contributed by atoms with Crippen LogP contribution in [0.25, 0.3) is 0 Å². The minimum absolute atomic E-state index is 0.130. The van der Waals surface area contributed by atoms with Crippen LogP contribution in [0, 0.1) is 0 Å². The van der Waals surface area contributed by atoms with E-state index in [-0.39, 0.29) is 17.3 Å². The van der Waals surface area contributed by atoms with Crippen LogP contribution in [0.5, 0.6) is 0 Å². The molecule has 0 aromatic carbocycles. The molecule has 0 radical (unpaired) electrons. The predicted octanol–water partition coefficient (Wildman–Crippen LogP) is 3.24. The van der Waals surface area contributed by atoms with Crippen LogP contribution in [0.15, 0.2) is 0 Å². The molecule has 4 heteroatoms. The molecule has 0 bridgehead atoms. The summed E-state index contributed by atoms with van der Waals surface area (Å²) in [4.78, 5) is 0. The molecule has 2 fully saturated rings. The average molecular weight is 272 g/mol. The lowest BCUT2D eigenvalue weighted by molar-refractivity contribution is -0.189. The van der Waals surface area contributed by atoms with Crippen molar-refractivity contribution in [2.75, 3.05) is 6.61 Å². The van der Waals surface area contributed by atoms with Crippen molar-refractivity contribution < 1.29 is 18.9 Å². The molecule has 0 spiro atoms. The Bertz CT molecular complexity index is 330. The lowest BCUT2D eigenvalue weighted by Crippen LogP contribution is -2.41. The SMILES string of the molecule is CC1(C)OCC(CCC2(C)OC(C)(C)C(C)(C)O2)O1. The predicted molar refractivity (Wildman–Crippen MR) is 72.9 cm³/mol. The van der Waals surface area contributed by atoms with Crippen molar-refractivity contribution in [2.45, 2.75) is 90.2 Å². The first-order valence-corrected chi connectivity index (χ1v) is 7.17. The molecule has 112 valence electrons. The van der Waals surface area contributed by atoms with Gasteiger partial charge < -0.3 is 18.9 Å². The quantitative estimate of drug-likeness (QED) is 0.790. The van der Waals surface area contributed by atoms with E-state index >= 15 is 0 Å². The van der Waals surface area contributed by atoms with Crippen LogP contribution in [0.1, 0.15) is 61.3 Å². The molecule has 0 amide bonds. The van der Waals surface area contributed by atoms with E-state index in [4.69, 9.17) is 18.9 Å². The highest BCUT2D eigenvalue weighted by Crippen LogP contribution is 2.45. The summed E-state index contributed by atoms with van der Waals surface area (Å²) in [5.74, 6) is -0.995. The van der Waals surface area contributed by atoms with E-state index in [1.807, 2.05) is 20.8 Å². The highest BCUT2D eigenvalue weighted by molar-refractivity contribution is 4.98. The molecule has 1 unspecified atom stereocenters. The zero-order chi connectivity index (χ0) is 14.5. The fourth-order valence-electron chi connectivity index (χ4n) is 2.78. The number of ether oxygens (including phenoxy) is 4. The Balaban J connectivity index is 1.90. The molecular formula is C15H28O4. The van der Waals surface area contributed by atoms with E-state index < -0.39 is 11.6 Å².